The van der Waals surface area contributed by atoms with Gasteiger partial charge in [-0.25, -0.2) is 4.98 Å². The van der Waals surface area contributed by atoms with E-state index >= 15 is 0 Å². The predicted molar refractivity (Wildman–Crippen MR) is 78.3 cm³/mol. The van der Waals surface area contributed by atoms with Crippen LogP contribution in [0.2, 0.25) is 0 Å². The summed E-state index contributed by atoms with van der Waals surface area (Å²) in [7, 11) is 0. The van der Waals surface area contributed by atoms with Crippen molar-refractivity contribution in [3.8, 4) is 6.07 Å². The van der Waals surface area contributed by atoms with Gasteiger partial charge in [0.1, 0.15) is 11.1 Å². The Labute approximate surface area is 125 Å². The van der Waals surface area contributed by atoms with Gasteiger partial charge in [-0.1, -0.05) is 13.8 Å². The highest BCUT2D eigenvalue weighted by molar-refractivity contribution is 7.15. The topological polar surface area (TPSA) is 87.3 Å². The molecule has 2 heterocycles. The monoisotopic (exact) mass is 302 g/mol. The van der Waals surface area contributed by atoms with Crippen molar-refractivity contribution in [2.24, 2.45) is 5.41 Å². The van der Waals surface area contributed by atoms with Gasteiger partial charge in [0.2, 0.25) is 0 Å². The standard InChI is InChI=1S/C14H14N4O2S/c1-8-5-21-12-16-4-9(11(20)18(8)12)10(19)17-14(7-15)6-13(14,2)3/h4-5H,6H2,1-3H3,(H,17,19). The number of nitrogens with one attached hydrogen (secondary N) is 1. The molecule has 1 aliphatic carbocycles. The largest absolute Gasteiger partial charge is 0.333 e. The second-order valence-corrected chi connectivity index (χ2v) is 6.84. The summed E-state index contributed by atoms with van der Waals surface area (Å²) in [5.74, 6) is -0.542. The van der Waals surface area contributed by atoms with Crippen molar-refractivity contribution < 1.29 is 4.79 Å². The lowest BCUT2D eigenvalue weighted by molar-refractivity contribution is 0.0932. The van der Waals surface area contributed by atoms with Crippen LogP contribution in [0.4, 0.5) is 0 Å². The van der Waals surface area contributed by atoms with E-state index in [2.05, 4.69) is 16.4 Å². The van der Waals surface area contributed by atoms with Crippen LogP contribution < -0.4 is 10.9 Å². The first kappa shape index (κ1) is 13.8. The molecule has 7 heteroatoms. The lowest BCUT2D eigenvalue weighted by Gasteiger charge is -2.14. The Balaban J connectivity index is 2.00. The van der Waals surface area contributed by atoms with E-state index in [0.29, 0.717) is 11.4 Å². The van der Waals surface area contributed by atoms with Crippen LogP contribution in [0.3, 0.4) is 0 Å². The molecular formula is C14H14N4O2S. The minimum Gasteiger partial charge on any atom is -0.333 e. The molecule has 3 rings (SSSR count). The number of aromatic nitrogens is 2. The summed E-state index contributed by atoms with van der Waals surface area (Å²) in [5, 5.41) is 13.8. The highest BCUT2D eigenvalue weighted by Gasteiger charge is 2.63. The molecule has 0 aromatic carbocycles. The van der Waals surface area contributed by atoms with Gasteiger partial charge in [0.15, 0.2) is 4.96 Å². The molecule has 1 amide bonds. The molecule has 0 aliphatic heterocycles. The molecule has 1 N–H and O–H groups in total. The highest BCUT2D eigenvalue weighted by Crippen LogP contribution is 2.55. The van der Waals surface area contributed by atoms with Crippen LogP contribution in [0.25, 0.3) is 4.96 Å². The first-order valence-electron chi connectivity index (χ1n) is 6.51. The van der Waals surface area contributed by atoms with E-state index in [1.165, 1.54) is 21.9 Å². The lowest BCUT2D eigenvalue weighted by atomic mass is 10.1. The summed E-state index contributed by atoms with van der Waals surface area (Å²) in [5.41, 5.74) is -0.860. The minimum absolute atomic E-state index is 0.0358. The van der Waals surface area contributed by atoms with Gasteiger partial charge in [0.05, 0.1) is 6.07 Å². The van der Waals surface area contributed by atoms with Crippen LogP contribution in [0.15, 0.2) is 16.4 Å². The van der Waals surface area contributed by atoms with Crippen molar-refractivity contribution in [3.05, 3.63) is 33.2 Å². The number of carbonyl (C=O) groups is 1. The van der Waals surface area contributed by atoms with Crippen LogP contribution in [-0.2, 0) is 0 Å². The van der Waals surface area contributed by atoms with Crippen molar-refractivity contribution in [1.29, 1.82) is 5.26 Å². The van der Waals surface area contributed by atoms with E-state index in [1.807, 2.05) is 19.2 Å². The van der Waals surface area contributed by atoms with Crippen LogP contribution in [0.5, 0.6) is 0 Å². The molecule has 1 saturated carbocycles. The first-order valence-corrected chi connectivity index (χ1v) is 7.39. The summed E-state index contributed by atoms with van der Waals surface area (Å²) in [6.07, 6.45) is 1.86. The van der Waals surface area contributed by atoms with Crippen molar-refractivity contribution in [3.63, 3.8) is 0 Å². The molecule has 2 aromatic heterocycles. The number of thiazole rings is 1. The number of nitriles is 1. The molecule has 108 valence electrons. The fraction of sp³-hybridized carbons (Fsp3) is 0.429. The molecule has 1 atom stereocenters. The molecule has 1 fully saturated rings. The van der Waals surface area contributed by atoms with Crippen LogP contribution in [-0.4, -0.2) is 20.8 Å². The van der Waals surface area contributed by atoms with Gasteiger partial charge in [-0.05, 0) is 13.3 Å². The van der Waals surface area contributed by atoms with E-state index in [-0.39, 0.29) is 11.0 Å². The number of nitrogens with zero attached hydrogens (tertiary/aromatic N) is 3. The zero-order valence-electron chi connectivity index (χ0n) is 11.9. The van der Waals surface area contributed by atoms with Gasteiger partial charge in [-0.15, -0.1) is 11.3 Å². The molecule has 0 radical (unpaired) electrons. The molecule has 0 bridgehead atoms. The maximum atomic E-state index is 12.4. The van der Waals surface area contributed by atoms with E-state index in [9.17, 15) is 14.9 Å². The van der Waals surface area contributed by atoms with Gasteiger partial charge < -0.3 is 5.32 Å². The Kier molecular flexibility index (Phi) is 2.72. The summed E-state index contributed by atoms with van der Waals surface area (Å²) in [6, 6.07) is 2.15. The number of hydrogen-bond acceptors (Lipinski definition) is 5. The SMILES string of the molecule is Cc1csc2ncc(C(=O)NC3(C#N)CC3(C)C)c(=O)n12. The molecule has 2 aromatic rings. The molecule has 1 aliphatic rings. The second-order valence-electron chi connectivity index (χ2n) is 6.00. The average Bonchev–Trinajstić information content (AvgIpc) is 2.77. The van der Waals surface area contributed by atoms with Crippen molar-refractivity contribution in [2.75, 3.05) is 0 Å². The Bertz CT molecular complexity index is 858. The molecule has 21 heavy (non-hydrogen) atoms. The molecule has 6 nitrogen and oxygen atoms in total. The molecule has 0 saturated heterocycles. The zero-order valence-corrected chi connectivity index (χ0v) is 12.7. The third kappa shape index (κ3) is 1.87. The third-order valence-electron chi connectivity index (χ3n) is 4.12. The summed E-state index contributed by atoms with van der Waals surface area (Å²) < 4.78 is 1.41. The smallest absolute Gasteiger partial charge is 0.271 e. The second kappa shape index (κ2) is 4.15. The fourth-order valence-electron chi connectivity index (χ4n) is 2.49. The van der Waals surface area contributed by atoms with Gasteiger partial charge in [-0.2, -0.15) is 5.26 Å². The Morgan fingerprint density at radius 1 is 1.57 bits per heavy atom. The Morgan fingerprint density at radius 3 is 2.81 bits per heavy atom. The van der Waals surface area contributed by atoms with Crippen molar-refractivity contribution >= 4 is 22.2 Å². The fourth-order valence-corrected chi connectivity index (χ4v) is 3.32. The predicted octanol–water partition coefficient (Wildman–Crippen LogP) is 1.49. The Hall–Kier alpha value is -2.20. The van der Waals surface area contributed by atoms with E-state index in [1.54, 1.807) is 6.92 Å². The summed E-state index contributed by atoms with van der Waals surface area (Å²) in [4.78, 5) is 29.4. The molecule has 1 unspecified atom stereocenters. The maximum absolute atomic E-state index is 12.4. The average molecular weight is 302 g/mol. The van der Waals surface area contributed by atoms with Gasteiger partial charge in [0.25, 0.3) is 11.5 Å². The zero-order chi connectivity index (χ0) is 15.4. The van der Waals surface area contributed by atoms with Crippen LogP contribution >= 0.6 is 11.3 Å². The van der Waals surface area contributed by atoms with Gasteiger partial charge in [0, 0.05) is 22.7 Å². The molecular weight excluding hydrogens is 288 g/mol. The molecule has 0 spiro atoms. The lowest BCUT2D eigenvalue weighted by Crippen LogP contribution is -2.42. The maximum Gasteiger partial charge on any atom is 0.271 e. The van der Waals surface area contributed by atoms with Crippen molar-refractivity contribution in [2.45, 2.75) is 32.7 Å². The number of carbonyl (C=O) groups excluding carboxylic acids is 1. The quantitative estimate of drug-likeness (QED) is 0.910. The number of rotatable bonds is 2. The van der Waals surface area contributed by atoms with E-state index in [4.69, 9.17) is 0 Å². The Morgan fingerprint density at radius 2 is 2.24 bits per heavy atom. The highest BCUT2D eigenvalue weighted by atomic mass is 32.1. The minimum atomic E-state index is -0.889. The van der Waals surface area contributed by atoms with Crippen LogP contribution in [0.1, 0.15) is 36.3 Å². The van der Waals surface area contributed by atoms with E-state index in [0.717, 1.165) is 5.69 Å². The number of fused-ring (bicyclic) bond motifs is 1. The number of aryl methyl sites for hydroxylation is 1. The summed E-state index contributed by atoms with van der Waals surface area (Å²) in [6.45, 7) is 5.61. The van der Waals surface area contributed by atoms with Crippen molar-refractivity contribution in [1.82, 2.24) is 14.7 Å². The van der Waals surface area contributed by atoms with Gasteiger partial charge in [-0.3, -0.25) is 14.0 Å². The number of hydrogen-bond donors (Lipinski definition) is 1. The number of amides is 1. The van der Waals surface area contributed by atoms with Gasteiger partial charge >= 0.3 is 0 Å². The normalized spacial score (nSPS) is 22.8. The van der Waals surface area contributed by atoms with E-state index < -0.39 is 17.0 Å². The third-order valence-corrected chi connectivity index (χ3v) is 5.07. The first-order chi connectivity index (χ1) is 9.81. The van der Waals surface area contributed by atoms with Crippen LogP contribution in [0, 0.1) is 23.7 Å². The summed E-state index contributed by atoms with van der Waals surface area (Å²) >= 11 is 1.35.